The smallest absolute Gasteiger partial charge is 0.273 e. The average molecular weight is 567 g/mol. The van der Waals surface area contributed by atoms with Gasteiger partial charge in [0, 0.05) is 29.4 Å². The Balaban J connectivity index is 1.72. The van der Waals surface area contributed by atoms with E-state index in [1.165, 1.54) is 30.5 Å². The SMILES string of the molecule is NC(=O)c1ccc(C(CNCC2CC2)S(=O)(=O)O)c(-c2cnc(N)c(OCc3c(F)ccc(F)c3Cl)c2)c1. The van der Waals surface area contributed by atoms with Gasteiger partial charge in [-0.15, -0.1) is 0 Å². The first-order valence-corrected chi connectivity index (χ1v) is 13.5. The minimum absolute atomic E-state index is 0.0343. The summed E-state index contributed by atoms with van der Waals surface area (Å²) in [6.07, 6.45) is 3.42. The molecule has 2 aromatic carbocycles. The molecule has 4 rings (SSSR count). The number of nitrogens with one attached hydrogen (secondary N) is 1. The third kappa shape index (κ3) is 6.38. The van der Waals surface area contributed by atoms with Crippen LogP contribution in [0.2, 0.25) is 5.02 Å². The van der Waals surface area contributed by atoms with E-state index in [9.17, 15) is 26.5 Å². The van der Waals surface area contributed by atoms with Crippen LogP contribution in [-0.4, -0.2) is 37.0 Å². The molecule has 3 aromatic rings. The van der Waals surface area contributed by atoms with Crippen LogP contribution in [0.4, 0.5) is 14.6 Å². The molecule has 0 spiro atoms. The first-order valence-electron chi connectivity index (χ1n) is 11.6. The van der Waals surface area contributed by atoms with Gasteiger partial charge in [0.05, 0.1) is 5.02 Å². The van der Waals surface area contributed by atoms with Gasteiger partial charge < -0.3 is 21.5 Å². The number of benzene rings is 2. The molecule has 13 heteroatoms. The Morgan fingerprint density at radius 1 is 1.21 bits per heavy atom. The van der Waals surface area contributed by atoms with E-state index in [4.69, 9.17) is 27.8 Å². The van der Waals surface area contributed by atoms with Crippen molar-refractivity contribution in [1.82, 2.24) is 10.3 Å². The number of anilines is 1. The fourth-order valence-corrected chi connectivity index (χ4v) is 4.99. The molecule has 1 fully saturated rings. The zero-order valence-corrected chi connectivity index (χ0v) is 21.5. The molecule has 1 aromatic heterocycles. The number of pyridine rings is 1. The maximum absolute atomic E-state index is 14.2. The molecular weight excluding hydrogens is 542 g/mol. The molecule has 1 unspecified atom stereocenters. The number of hydrogen-bond donors (Lipinski definition) is 4. The third-order valence-electron chi connectivity index (χ3n) is 6.21. The molecule has 1 aliphatic carbocycles. The lowest BCUT2D eigenvalue weighted by atomic mass is 9.95. The Morgan fingerprint density at radius 2 is 1.92 bits per heavy atom. The second kappa shape index (κ2) is 11.2. The summed E-state index contributed by atoms with van der Waals surface area (Å²) in [7, 11) is -4.58. The third-order valence-corrected chi connectivity index (χ3v) is 7.76. The van der Waals surface area contributed by atoms with E-state index in [-0.39, 0.29) is 45.9 Å². The molecule has 1 atom stereocenters. The van der Waals surface area contributed by atoms with Gasteiger partial charge in [-0.05, 0) is 66.8 Å². The molecule has 202 valence electrons. The van der Waals surface area contributed by atoms with Gasteiger partial charge >= 0.3 is 0 Å². The van der Waals surface area contributed by atoms with Crippen molar-refractivity contribution >= 4 is 33.4 Å². The van der Waals surface area contributed by atoms with E-state index in [1.807, 2.05) is 0 Å². The maximum atomic E-state index is 14.2. The molecule has 0 saturated heterocycles. The van der Waals surface area contributed by atoms with Crippen molar-refractivity contribution < 1.29 is 31.3 Å². The van der Waals surface area contributed by atoms with Crippen molar-refractivity contribution in [3.8, 4) is 16.9 Å². The number of hydrogen-bond acceptors (Lipinski definition) is 7. The monoisotopic (exact) mass is 566 g/mol. The van der Waals surface area contributed by atoms with Crippen molar-refractivity contribution in [1.29, 1.82) is 0 Å². The number of aromatic nitrogens is 1. The molecule has 0 radical (unpaired) electrons. The highest BCUT2D eigenvalue weighted by molar-refractivity contribution is 7.86. The van der Waals surface area contributed by atoms with Crippen molar-refractivity contribution in [2.75, 3.05) is 18.8 Å². The van der Waals surface area contributed by atoms with Crippen LogP contribution in [0.15, 0.2) is 42.6 Å². The number of primary amides is 1. The highest BCUT2D eigenvalue weighted by Crippen LogP contribution is 2.36. The normalized spacial score (nSPS) is 14.3. The Labute approximate surface area is 222 Å². The number of ether oxygens (including phenoxy) is 1. The van der Waals surface area contributed by atoms with Crippen LogP contribution in [0.5, 0.6) is 5.75 Å². The van der Waals surface area contributed by atoms with Crippen molar-refractivity contribution in [2.45, 2.75) is 24.7 Å². The van der Waals surface area contributed by atoms with Gasteiger partial charge in [-0.25, -0.2) is 13.8 Å². The molecule has 1 heterocycles. The standard InChI is InChI=1S/C25H25ClF2N4O5S/c26-23-18(19(27)5-6-20(23)28)12-37-21-8-15(10-32-24(21)29)17-7-14(25(30)33)3-4-16(17)22(38(34,35)36)11-31-9-13-1-2-13/h3-8,10,13,22,31H,1-2,9,11-12H2,(H2,29,32)(H2,30,33)(H,34,35,36). The van der Waals surface area contributed by atoms with Crippen LogP contribution >= 0.6 is 11.6 Å². The van der Waals surface area contributed by atoms with Crippen molar-refractivity contribution in [3.63, 3.8) is 0 Å². The summed E-state index contributed by atoms with van der Waals surface area (Å²) in [6.45, 7) is 0.0351. The maximum Gasteiger partial charge on any atom is 0.273 e. The quantitative estimate of drug-likeness (QED) is 0.201. The number of rotatable bonds is 11. The average Bonchev–Trinajstić information content (AvgIpc) is 3.69. The number of nitrogens with zero attached hydrogens (tertiary/aromatic N) is 1. The van der Waals surface area contributed by atoms with Crippen LogP contribution in [0, 0.1) is 17.6 Å². The van der Waals surface area contributed by atoms with Gasteiger partial charge in [-0.3, -0.25) is 9.35 Å². The van der Waals surface area contributed by atoms with Crippen LogP contribution in [0.25, 0.3) is 11.1 Å². The Bertz CT molecular complexity index is 1480. The molecule has 1 saturated carbocycles. The van der Waals surface area contributed by atoms with Gasteiger partial charge in [0.1, 0.15) is 23.5 Å². The summed E-state index contributed by atoms with van der Waals surface area (Å²) in [5, 5.41) is 1.25. The summed E-state index contributed by atoms with van der Waals surface area (Å²) in [5.74, 6) is -2.04. The first kappa shape index (κ1) is 27.7. The summed E-state index contributed by atoms with van der Waals surface area (Å²) >= 11 is 5.87. The molecule has 6 N–H and O–H groups in total. The lowest BCUT2D eigenvalue weighted by molar-refractivity contribution is 0.1000. The fourth-order valence-electron chi connectivity index (χ4n) is 3.93. The predicted molar refractivity (Wildman–Crippen MR) is 138 cm³/mol. The van der Waals surface area contributed by atoms with E-state index in [2.05, 4.69) is 10.3 Å². The van der Waals surface area contributed by atoms with Crippen molar-refractivity contribution in [2.24, 2.45) is 11.7 Å². The van der Waals surface area contributed by atoms with Crippen LogP contribution in [0.1, 0.15) is 39.6 Å². The highest BCUT2D eigenvalue weighted by atomic mass is 35.5. The van der Waals surface area contributed by atoms with Crippen molar-refractivity contribution in [3.05, 3.63) is 75.9 Å². The summed E-state index contributed by atoms with van der Waals surface area (Å²) in [5.41, 5.74) is 11.9. The minimum Gasteiger partial charge on any atom is -0.485 e. The first-order chi connectivity index (χ1) is 18.0. The number of carbonyl (C=O) groups excluding carboxylic acids is 1. The molecule has 0 aliphatic heterocycles. The van der Waals surface area contributed by atoms with Crippen LogP contribution in [0.3, 0.4) is 0 Å². The molecular formula is C25H25ClF2N4O5S. The van der Waals surface area contributed by atoms with Gasteiger partial charge in [-0.1, -0.05) is 17.7 Å². The zero-order valence-electron chi connectivity index (χ0n) is 20.0. The predicted octanol–water partition coefficient (Wildman–Crippen LogP) is 3.87. The lowest BCUT2D eigenvalue weighted by Crippen LogP contribution is -2.28. The van der Waals surface area contributed by atoms with Gasteiger partial charge in [0.2, 0.25) is 5.91 Å². The van der Waals surface area contributed by atoms with Crippen LogP contribution in [-0.2, 0) is 16.7 Å². The number of carbonyl (C=O) groups is 1. The molecule has 38 heavy (non-hydrogen) atoms. The second-order valence-electron chi connectivity index (χ2n) is 8.99. The summed E-state index contributed by atoms with van der Waals surface area (Å²) < 4.78 is 68.4. The topological polar surface area (TPSA) is 158 Å². The van der Waals surface area contributed by atoms with E-state index in [0.29, 0.717) is 12.5 Å². The molecule has 1 amide bonds. The van der Waals surface area contributed by atoms with Gasteiger partial charge in [0.15, 0.2) is 11.6 Å². The largest absolute Gasteiger partial charge is 0.485 e. The Hall–Kier alpha value is -3.32. The van der Waals surface area contributed by atoms with Gasteiger partial charge in [0.25, 0.3) is 10.1 Å². The minimum atomic E-state index is -4.58. The van der Waals surface area contributed by atoms with Crippen LogP contribution < -0.4 is 21.5 Å². The van der Waals surface area contributed by atoms with E-state index >= 15 is 0 Å². The highest BCUT2D eigenvalue weighted by Gasteiger charge is 2.30. The number of nitrogen functional groups attached to an aromatic ring is 1. The fraction of sp³-hybridized carbons (Fsp3) is 0.280. The lowest BCUT2D eigenvalue weighted by Gasteiger charge is -2.20. The summed E-state index contributed by atoms with van der Waals surface area (Å²) in [4.78, 5) is 16.0. The van der Waals surface area contributed by atoms with E-state index in [0.717, 1.165) is 25.0 Å². The number of amides is 1. The van der Waals surface area contributed by atoms with Gasteiger partial charge in [-0.2, -0.15) is 8.42 Å². The molecule has 0 bridgehead atoms. The zero-order chi connectivity index (χ0) is 27.6. The van der Waals surface area contributed by atoms with E-state index < -0.39 is 44.5 Å². The number of nitrogens with two attached hydrogens (primary N) is 2. The second-order valence-corrected chi connectivity index (χ2v) is 11.0. The Morgan fingerprint density at radius 3 is 2.58 bits per heavy atom. The summed E-state index contributed by atoms with van der Waals surface area (Å²) in [6, 6.07) is 7.32. The Kier molecular flexibility index (Phi) is 8.16. The van der Waals surface area contributed by atoms with E-state index in [1.54, 1.807) is 0 Å². The molecule has 1 aliphatic rings. The molecule has 9 nitrogen and oxygen atoms in total. The number of halogens is 3.